The van der Waals surface area contributed by atoms with Crippen LogP contribution in [0.15, 0.2) is 65.8 Å². The van der Waals surface area contributed by atoms with Crippen molar-refractivity contribution >= 4 is 0 Å². The third kappa shape index (κ3) is 6.86. The average Bonchev–Trinajstić information content (AvgIpc) is 3.39. The third-order valence-electron chi connectivity index (χ3n) is 6.80. The molecular formula is C29H38FN3. The maximum atomic E-state index is 15.2. The molecule has 4 heteroatoms. The van der Waals surface area contributed by atoms with E-state index < -0.39 is 0 Å². The molecule has 1 heterocycles. The summed E-state index contributed by atoms with van der Waals surface area (Å²) in [6, 6.07) is 14.6. The van der Waals surface area contributed by atoms with Gasteiger partial charge >= 0.3 is 0 Å². The first-order chi connectivity index (χ1) is 16.2. The number of aryl methyl sites for hydroxylation is 3. The molecular weight excluding hydrogens is 409 g/mol. The number of hydrogen-bond acceptors (Lipinski definition) is 3. The van der Waals surface area contributed by atoms with Crippen molar-refractivity contribution in [1.29, 1.82) is 0 Å². The maximum absolute atomic E-state index is 15.2. The summed E-state index contributed by atoms with van der Waals surface area (Å²) in [4.78, 5) is 0. The van der Waals surface area contributed by atoms with Gasteiger partial charge in [0.05, 0.1) is 6.17 Å². The second kappa shape index (κ2) is 12.3. The smallest absolute Gasteiger partial charge is 0.129 e. The Bertz CT molecular complexity index is 955. The van der Waals surface area contributed by atoms with Crippen molar-refractivity contribution < 1.29 is 4.39 Å². The minimum Gasteiger partial charge on any atom is -0.313 e. The monoisotopic (exact) mass is 447 g/mol. The molecule has 0 amide bonds. The Morgan fingerprint density at radius 3 is 2.21 bits per heavy atom. The summed E-state index contributed by atoms with van der Waals surface area (Å²) in [7, 11) is 0. The predicted octanol–water partition coefficient (Wildman–Crippen LogP) is 5.21. The quantitative estimate of drug-likeness (QED) is 0.414. The molecule has 176 valence electrons. The van der Waals surface area contributed by atoms with Gasteiger partial charge < -0.3 is 5.32 Å². The molecule has 1 aliphatic carbocycles. The molecule has 0 bridgehead atoms. The van der Waals surface area contributed by atoms with Gasteiger partial charge in [-0.15, -0.1) is 0 Å². The first-order valence-electron chi connectivity index (χ1n) is 12.6. The number of allylic oxidation sites excluding steroid dienone is 3. The Labute approximate surface area is 198 Å². The fourth-order valence-electron chi connectivity index (χ4n) is 4.74. The summed E-state index contributed by atoms with van der Waals surface area (Å²) < 4.78 is 15.2. The fourth-order valence-corrected chi connectivity index (χ4v) is 4.74. The molecule has 4 rings (SSSR count). The van der Waals surface area contributed by atoms with E-state index in [9.17, 15) is 0 Å². The van der Waals surface area contributed by atoms with Gasteiger partial charge in [-0.1, -0.05) is 67.1 Å². The van der Waals surface area contributed by atoms with Gasteiger partial charge in [0, 0.05) is 19.6 Å². The van der Waals surface area contributed by atoms with Gasteiger partial charge in [0.15, 0.2) is 0 Å². The molecule has 2 aliphatic rings. The number of hydrogen-bond donors (Lipinski definition) is 3. The van der Waals surface area contributed by atoms with Crippen LogP contribution in [-0.2, 0) is 25.8 Å². The topological polar surface area (TPSA) is 36.1 Å². The second-order valence-corrected chi connectivity index (χ2v) is 9.29. The molecule has 0 saturated carbocycles. The van der Waals surface area contributed by atoms with Crippen LogP contribution in [0.2, 0.25) is 0 Å². The minimum atomic E-state index is -0.00937. The Kier molecular flexibility index (Phi) is 8.87. The molecule has 2 aromatic carbocycles. The second-order valence-electron chi connectivity index (χ2n) is 9.29. The highest BCUT2D eigenvalue weighted by Crippen LogP contribution is 2.25. The first-order valence-corrected chi connectivity index (χ1v) is 12.6. The zero-order valence-electron chi connectivity index (χ0n) is 19.9. The molecule has 0 atom stereocenters. The van der Waals surface area contributed by atoms with Crippen LogP contribution in [0.25, 0.3) is 0 Å². The number of nitrogens with one attached hydrogen (secondary N) is 3. The van der Waals surface area contributed by atoms with Crippen LogP contribution in [-0.4, -0.2) is 25.8 Å². The molecule has 0 spiro atoms. The highest BCUT2D eigenvalue weighted by Gasteiger charge is 2.19. The lowest BCUT2D eigenvalue weighted by Gasteiger charge is -2.20. The highest BCUT2D eigenvalue weighted by molar-refractivity contribution is 5.31. The standard InChI is InChI=1S/C29H38FN3/c1-2-18-31-21-24-8-6-22(7-9-24)10-14-25-4-3-5-26(28(25)30)15-11-23-12-16-27(17-13-23)29-32-19-20-33-29/h3-9,12,16,29,31-33H,2,10-11,13-15,17-21H2,1H3. The van der Waals surface area contributed by atoms with Crippen LogP contribution in [0, 0.1) is 5.82 Å². The Balaban J connectivity index is 1.29. The van der Waals surface area contributed by atoms with Crippen LogP contribution in [0.3, 0.4) is 0 Å². The van der Waals surface area contributed by atoms with Gasteiger partial charge in [0.1, 0.15) is 5.82 Å². The molecule has 33 heavy (non-hydrogen) atoms. The lowest BCUT2D eigenvalue weighted by molar-refractivity contribution is 0.585. The van der Waals surface area contributed by atoms with Gasteiger partial charge in [-0.25, -0.2) is 4.39 Å². The van der Waals surface area contributed by atoms with Crippen molar-refractivity contribution in [1.82, 2.24) is 16.0 Å². The molecule has 3 nitrogen and oxygen atoms in total. The molecule has 3 N–H and O–H groups in total. The van der Waals surface area contributed by atoms with Crippen LogP contribution in [0.4, 0.5) is 4.39 Å². The molecule has 0 radical (unpaired) electrons. The summed E-state index contributed by atoms with van der Waals surface area (Å²) in [6.45, 7) is 6.21. The molecule has 0 aromatic heterocycles. The highest BCUT2D eigenvalue weighted by atomic mass is 19.1. The predicted molar refractivity (Wildman–Crippen MR) is 136 cm³/mol. The summed E-state index contributed by atoms with van der Waals surface area (Å²) in [5.74, 6) is -0.00937. The molecule has 2 aromatic rings. The SMILES string of the molecule is CCCNCc1ccc(CCc2cccc(CCC3=CC=C(C4NCCN4)CC3)c2F)cc1. The van der Waals surface area contributed by atoms with Gasteiger partial charge in [-0.05, 0) is 79.3 Å². The fraction of sp³-hybridized carbons (Fsp3) is 0.448. The number of rotatable bonds is 11. The van der Waals surface area contributed by atoms with Crippen molar-refractivity contribution in [2.75, 3.05) is 19.6 Å². The average molecular weight is 448 g/mol. The van der Waals surface area contributed by atoms with E-state index in [0.717, 1.165) is 82.3 Å². The Hall–Kier alpha value is -2.27. The van der Waals surface area contributed by atoms with Crippen molar-refractivity contribution in [2.24, 2.45) is 0 Å². The zero-order chi connectivity index (χ0) is 22.9. The Morgan fingerprint density at radius 2 is 1.55 bits per heavy atom. The third-order valence-corrected chi connectivity index (χ3v) is 6.80. The van der Waals surface area contributed by atoms with Gasteiger partial charge in [0.25, 0.3) is 0 Å². The van der Waals surface area contributed by atoms with Crippen LogP contribution >= 0.6 is 0 Å². The minimum absolute atomic E-state index is 0.00937. The van der Waals surface area contributed by atoms with Crippen LogP contribution in [0.1, 0.15) is 54.9 Å². The van der Waals surface area contributed by atoms with E-state index in [4.69, 9.17) is 0 Å². The Morgan fingerprint density at radius 1 is 0.848 bits per heavy atom. The van der Waals surface area contributed by atoms with E-state index in [1.807, 2.05) is 18.2 Å². The van der Waals surface area contributed by atoms with E-state index >= 15 is 4.39 Å². The lowest BCUT2D eigenvalue weighted by Crippen LogP contribution is -2.33. The zero-order valence-corrected chi connectivity index (χ0v) is 19.9. The van der Waals surface area contributed by atoms with Gasteiger partial charge in [0.2, 0.25) is 0 Å². The summed E-state index contributed by atoms with van der Waals surface area (Å²) in [6.07, 6.45) is 11.5. The van der Waals surface area contributed by atoms with E-state index in [-0.39, 0.29) is 5.82 Å². The van der Waals surface area contributed by atoms with Crippen molar-refractivity contribution in [3.63, 3.8) is 0 Å². The van der Waals surface area contributed by atoms with E-state index in [2.05, 4.69) is 59.3 Å². The van der Waals surface area contributed by atoms with E-state index in [1.54, 1.807) is 0 Å². The lowest BCUT2D eigenvalue weighted by atomic mass is 9.92. The van der Waals surface area contributed by atoms with Crippen LogP contribution in [0.5, 0.6) is 0 Å². The maximum Gasteiger partial charge on any atom is 0.129 e. The first kappa shape index (κ1) is 23.9. The largest absolute Gasteiger partial charge is 0.313 e. The van der Waals surface area contributed by atoms with Crippen molar-refractivity contribution in [3.8, 4) is 0 Å². The van der Waals surface area contributed by atoms with Gasteiger partial charge in [-0.2, -0.15) is 0 Å². The van der Waals surface area contributed by atoms with Crippen molar-refractivity contribution in [2.45, 2.75) is 64.6 Å². The molecule has 0 unspecified atom stereocenters. The number of halogens is 1. The summed E-state index contributed by atoms with van der Waals surface area (Å²) >= 11 is 0. The van der Waals surface area contributed by atoms with Gasteiger partial charge in [-0.3, -0.25) is 10.6 Å². The normalized spacial score (nSPS) is 16.7. The molecule has 1 saturated heterocycles. The summed E-state index contributed by atoms with van der Waals surface area (Å²) in [5.41, 5.74) is 7.11. The van der Waals surface area contributed by atoms with Crippen LogP contribution < -0.4 is 16.0 Å². The molecule has 1 aliphatic heterocycles. The summed E-state index contributed by atoms with van der Waals surface area (Å²) in [5, 5.41) is 10.4. The number of benzene rings is 2. The molecule has 1 fully saturated rings. The van der Waals surface area contributed by atoms with E-state index in [0.29, 0.717) is 6.17 Å². The van der Waals surface area contributed by atoms with E-state index in [1.165, 1.54) is 22.3 Å². The van der Waals surface area contributed by atoms with Crippen molar-refractivity contribution in [3.05, 3.63) is 93.8 Å².